The Hall–Kier alpha value is -0.850. The van der Waals surface area contributed by atoms with Crippen LogP contribution in [0.25, 0.3) is 0 Å². The van der Waals surface area contributed by atoms with Crippen molar-refractivity contribution in [3.63, 3.8) is 0 Å². The molecule has 0 radical (unpaired) electrons. The summed E-state index contributed by atoms with van der Waals surface area (Å²) in [5, 5.41) is 3.82. The van der Waals surface area contributed by atoms with Crippen molar-refractivity contribution in [3.05, 3.63) is 38.0 Å². The number of hydrogen-bond donors (Lipinski definition) is 2. The van der Waals surface area contributed by atoms with Crippen LogP contribution in [0.15, 0.2) is 27.4 Å². The Labute approximate surface area is 126 Å². The van der Waals surface area contributed by atoms with Crippen LogP contribution in [0.3, 0.4) is 0 Å². The number of hydrogen-bond acceptors (Lipinski definition) is 4. The lowest BCUT2D eigenvalue weighted by molar-refractivity contribution is 1.16. The molecular formula is C11H9Br2ClN4. The number of halogens is 3. The van der Waals surface area contributed by atoms with Crippen molar-refractivity contribution in [2.24, 2.45) is 0 Å². The number of nitrogens with two attached hydrogens (primary N) is 1. The Balaban J connectivity index is 2.40. The topological polar surface area (TPSA) is 63.8 Å². The molecule has 0 aliphatic rings. The molecule has 94 valence electrons. The molecule has 0 bridgehead atoms. The summed E-state index contributed by atoms with van der Waals surface area (Å²) in [7, 11) is 0. The summed E-state index contributed by atoms with van der Waals surface area (Å²) in [6.45, 7) is 1.94. The zero-order valence-corrected chi connectivity index (χ0v) is 13.3. The molecule has 0 saturated heterocycles. The highest BCUT2D eigenvalue weighted by molar-refractivity contribution is 9.11. The first-order valence-electron chi connectivity index (χ1n) is 4.97. The SMILES string of the molecule is Cc1cc(Br)c(Nc2ncnc(N)c2Br)cc1Cl. The van der Waals surface area contributed by atoms with Gasteiger partial charge < -0.3 is 11.1 Å². The van der Waals surface area contributed by atoms with Gasteiger partial charge in [-0.2, -0.15) is 0 Å². The largest absolute Gasteiger partial charge is 0.383 e. The van der Waals surface area contributed by atoms with Crippen LogP contribution in [0.4, 0.5) is 17.3 Å². The third-order valence-corrected chi connectivity index (χ3v) is 4.16. The summed E-state index contributed by atoms with van der Waals surface area (Å²) < 4.78 is 1.52. The number of nitrogens with zero attached hydrogens (tertiary/aromatic N) is 2. The Morgan fingerprint density at radius 2 is 2.00 bits per heavy atom. The molecule has 1 aromatic carbocycles. The third-order valence-electron chi connectivity index (χ3n) is 2.32. The van der Waals surface area contributed by atoms with Crippen molar-refractivity contribution in [1.29, 1.82) is 0 Å². The highest BCUT2D eigenvalue weighted by Gasteiger charge is 2.09. The summed E-state index contributed by atoms with van der Waals surface area (Å²) in [4.78, 5) is 7.99. The minimum absolute atomic E-state index is 0.377. The van der Waals surface area contributed by atoms with Gasteiger partial charge in [0.15, 0.2) is 0 Å². The van der Waals surface area contributed by atoms with E-state index >= 15 is 0 Å². The minimum Gasteiger partial charge on any atom is -0.383 e. The van der Waals surface area contributed by atoms with Crippen LogP contribution in [-0.4, -0.2) is 9.97 Å². The monoisotopic (exact) mass is 390 g/mol. The summed E-state index contributed by atoms with van der Waals surface area (Å²) in [5.74, 6) is 0.963. The van der Waals surface area contributed by atoms with Crippen LogP contribution in [-0.2, 0) is 0 Å². The molecule has 0 atom stereocenters. The zero-order valence-electron chi connectivity index (χ0n) is 9.34. The molecule has 0 fully saturated rings. The number of benzene rings is 1. The lowest BCUT2D eigenvalue weighted by atomic mass is 10.2. The van der Waals surface area contributed by atoms with Crippen LogP contribution in [0, 0.1) is 6.92 Å². The second-order valence-electron chi connectivity index (χ2n) is 3.63. The molecule has 0 amide bonds. The second kappa shape index (κ2) is 5.42. The van der Waals surface area contributed by atoms with Gasteiger partial charge in [0.1, 0.15) is 22.4 Å². The molecule has 1 aromatic heterocycles. The van der Waals surface area contributed by atoms with Gasteiger partial charge in [-0.25, -0.2) is 9.97 Å². The lowest BCUT2D eigenvalue weighted by Crippen LogP contribution is -2.00. The zero-order chi connectivity index (χ0) is 13.3. The predicted molar refractivity (Wildman–Crippen MR) is 81.3 cm³/mol. The molecule has 2 rings (SSSR count). The fraction of sp³-hybridized carbons (Fsp3) is 0.0909. The highest BCUT2D eigenvalue weighted by atomic mass is 79.9. The Kier molecular flexibility index (Phi) is 4.09. The van der Waals surface area contributed by atoms with E-state index in [4.69, 9.17) is 17.3 Å². The molecule has 4 nitrogen and oxygen atoms in total. The maximum atomic E-state index is 6.09. The Bertz CT molecular complexity index is 604. The maximum Gasteiger partial charge on any atom is 0.150 e. The van der Waals surface area contributed by atoms with Gasteiger partial charge in [-0.05, 0) is 56.5 Å². The fourth-order valence-corrected chi connectivity index (χ4v) is 2.36. The van der Waals surface area contributed by atoms with Gasteiger partial charge in [-0.15, -0.1) is 0 Å². The van der Waals surface area contributed by atoms with Crippen LogP contribution in [0.1, 0.15) is 5.56 Å². The van der Waals surface area contributed by atoms with E-state index in [0.29, 0.717) is 21.1 Å². The number of aromatic nitrogens is 2. The van der Waals surface area contributed by atoms with E-state index in [1.807, 2.05) is 19.1 Å². The molecule has 0 spiro atoms. The first-order valence-corrected chi connectivity index (χ1v) is 6.94. The van der Waals surface area contributed by atoms with Gasteiger partial charge in [0.2, 0.25) is 0 Å². The molecule has 0 saturated carbocycles. The number of anilines is 3. The summed E-state index contributed by atoms with van der Waals surface area (Å²) >= 11 is 12.9. The third kappa shape index (κ3) is 2.76. The molecule has 1 heterocycles. The number of rotatable bonds is 2. The van der Waals surface area contributed by atoms with Crippen molar-refractivity contribution in [1.82, 2.24) is 9.97 Å². The van der Waals surface area contributed by atoms with Crippen LogP contribution < -0.4 is 11.1 Å². The van der Waals surface area contributed by atoms with E-state index in [1.165, 1.54) is 6.33 Å². The number of aryl methyl sites for hydroxylation is 1. The molecule has 2 aromatic rings. The van der Waals surface area contributed by atoms with E-state index in [-0.39, 0.29) is 0 Å². The molecule has 0 aliphatic carbocycles. The smallest absolute Gasteiger partial charge is 0.150 e. The van der Waals surface area contributed by atoms with E-state index in [2.05, 4.69) is 47.1 Å². The molecular weight excluding hydrogens is 383 g/mol. The van der Waals surface area contributed by atoms with Crippen molar-refractivity contribution in [2.45, 2.75) is 6.92 Å². The maximum absolute atomic E-state index is 6.09. The van der Waals surface area contributed by atoms with Crippen LogP contribution in [0.2, 0.25) is 5.02 Å². The molecule has 0 aliphatic heterocycles. The molecule has 3 N–H and O–H groups in total. The molecule has 18 heavy (non-hydrogen) atoms. The van der Waals surface area contributed by atoms with Crippen LogP contribution in [0.5, 0.6) is 0 Å². The van der Waals surface area contributed by atoms with Gasteiger partial charge in [-0.3, -0.25) is 0 Å². The number of nitrogen functional groups attached to an aromatic ring is 1. The van der Waals surface area contributed by atoms with Gasteiger partial charge >= 0.3 is 0 Å². The van der Waals surface area contributed by atoms with Gasteiger partial charge in [0.25, 0.3) is 0 Å². The van der Waals surface area contributed by atoms with E-state index in [0.717, 1.165) is 15.7 Å². The Morgan fingerprint density at radius 3 is 2.72 bits per heavy atom. The molecule has 7 heteroatoms. The molecule has 0 unspecified atom stereocenters. The van der Waals surface area contributed by atoms with Crippen molar-refractivity contribution >= 4 is 60.8 Å². The van der Waals surface area contributed by atoms with Crippen molar-refractivity contribution < 1.29 is 0 Å². The van der Waals surface area contributed by atoms with Crippen LogP contribution >= 0.6 is 43.5 Å². The standard InChI is InChI=1S/C11H9Br2ClN4/c1-5-2-6(12)8(3-7(5)14)18-11-9(13)10(15)16-4-17-11/h2-4H,1H3,(H3,15,16,17,18). The van der Waals surface area contributed by atoms with E-state index in [1.54, 1.807) is 0 Å². The van der Waals surface area contributed by atoms with Gasteiger partial charge in [-0.1, -0.05) is 11.6 Å². The fourth-order valence-electron chi connectivity index (χ4n) is 1.34. The highest BCUT2D eigenvalue weighted by Crippen LogP contribution is 2.33. The quantitative estimate of drug-likeness (QED) is 0.800. The second-order valence-corrected chi connectivity index (χ2v) is 5.68. The lowest BCUT2D eigenvalue weighted by Gasteiger charge is -2.11. The van der Waals surface area contributed by atoms with Crippen molar-refractivity contribution in [3.8, 4) is 0 Å². The summed E-state index contributed by atoms with van der Waals surface area (Å²) in [6, 6.07) is 3.76. The van der Waals surface area contributed by atoms with E-state index < -0.39 is 0 Å². The first kappa shape index (κ1) is 13.6. The average molecular weight is 392 g/mol. The van der Waals surface area contributed by atoms with Gasteiger partial charge in [0.05, 0.1) is 5.69 Å². The predicted octanol–water partition coefficient (Wildman–Crippen LogP) is 4.29. The first-order chi connectivity index (χ1) is 8.49. The minimum atomic E-state index is 0.377. The average Bonchev–Trinajstić information content (AvgIpc) is 2.32. The normalized spacial score (nSPS) is 10.4. The summed E-state index contributed by atoms with van der Waals surface area (Å²) in [6.07, 6.45) is 1.39. The summed E-state index contributed by atoms with van der Waals surface area (Å²) in [5.41, 5.74) is 7.50. The van der Waals surface area contributed by atoms with Gasteiger partial charge in [0, 0.05) is 9.50 Å². The number of nitrogens with one attached hydrogen (secondary N) is 1. The van der Waals surface area contributed by atoms with E-state index in [9.17, 15) is 0 Å². The van der Waals surface area contributed by atoms with Crippen molar-refractivity contribution in [2.75, 3.05) is 11.1 Å². The Morgan fingerprint density at radius 1 is 1.28 bits per heavy atom.